The third-order valence-corrected chi connectivity index (χ3v) is 4.61. The van der Waals surface area contributed by atoms with Gasteiger partial charge in [0.15, 0.2) is 0 Å². The fourth-order valence-corrected chi connectivity index (χ4v) is 2.85. The zero-order valence-corrected chi connectivity index (χ0v) is 13.4. The van der Waals surface area contributed by atoms with Gasteiger partial charge in [0.05, 0.1) is 6.10 Å². The van der Waals surface area contributed by atoms with Gasteiger partial charge >= 0.3 is 0 Å². The van der Waals surface area contributed by atoms with Crippen LogP contribution in [0, 0.1) is 13.8 Å². The molecule has 2 unspecified atom stereocenters. The molecule has 0 aliphatic carbocycles. The van der Waals surface area contributed by atoms with Gasteiger partial charge in [-0.25, -0.2) is 0 Å². The van der Waals surface area contributed by atoms with Crippen LogP contribution in [0.3, 0.4) is 0 Å². The number of aliphatic hydroxyl groups is 1. The third kappa shape index (κ3) is 3.11. The molecule has 0 saturated heterocycles. The molecule has 106 valence electrons. The Morgan fingerprint density at radius 1 is 1.10 bits per heavy atom. The van der Waals surface area contributed by atoms with Crippen molar-refractivity contribution in [3.8, 4) is 0 Å². The lowest BCUT2D eigenvalue weighted by molar-refractivity contribution is 0.147. The predicted octanol–water partition coefficient (Wildman–Crippen LogP) is 3.84. The molecule has 2 rings (SSSR count). The first-order chi connectivity index (χ1) is 9.54. The topological polar surface area (TPSA) is 46.2 Å². The number of benzene rings is 2. The first kappa shape index (κ1) is 15.2. The molecule has 3 N–H and O–H groups in total. The van der Waals surface area contributed by atoms with E-state index in [1.165, 1.54) is 0 Å². The Hall–Kier alpha value is -1.16. The summed E-state index contributed by atoms with van der Waals surface area (Å²) in [6.07, 6.45) is -0.599. The van der Waals surface area contributed by atoms with Crippen molar-refractivity contribution in [1.29, 1.82) is 0 Å². The van der Waals surface area contributed by atoms with Crippen molar-refractivity contribution in [3.05, 3.63) is 69.2 Å². The van der Waals surface area contributed by atoms with Crippen LogP contribution in [0.5, 0.6) is 0 Å². The maximum Gasteiger partial charge on any atom is 0.0871 e. The average molecular weight is 334 g/mol. The molecule has 0 bridgehead atoms. The first-order valence-corrected chi connectivity index (χ1v) is 7.53. The Bertz CT molecular complexity index is 597. The third-order valence-electron chi connectivity index (χ3n) is 3.76. The molecule has 0 fully saturated rings. The largest absolute Gasteiger partial charge is 0.388 e. The molecule has 2 aromatic carbocycles. The summed E-state index contributed by atoms with van der Waals surface area (Å²) in [5, 5.41) is 10.7. The van der Waals surface area contributed by atoms with Crippen molar-refractivity contribution in [2.45, 2.75) is 25.9 Å². The number of nitrogens with two attached hydrogens (primary N) is 1. The van der Waals surface area contributed by atoms with E-state index in [0.29, 0.717) is 6.54 Å². The standard InChI is InChI=1S/C17H20BrNO/c1-11-5-3-4-6-14(11)15(10-19)17(20)13-8-7-12(2)16(18)9-13/h3-9,15,17,20H,10,19H2,1-2H3. The van der Waals surface area contributed by atoms with Crippen LogP contribution in [0.25, 0.3) is 0 Å². The maximum atomic E-state index is 10.7. The Balaban J connectivity index is 2.36. The van der Waals surface area contributed by atoms with Crippen molar-refractivity contribution in [2.75, 3.05) is 6.54 Å². The number of hydrogen-bond donors (Lipinski definition) is 2. The summed E-state index contributed by atoms with van der Waals surface area (Å²) in [6.45, 7) is 4.50. The molecular formula is C17H20BrNO. The van der Waals surface area contributed by atoms with Gasteiger partial charge in [0.1, 0.15) is 0 Å². The highest BCUT2D eigenvalue weighted by Gasteiger charge is 2.23. The summed E-state index contributed by atoms with van der Waals surface area (Å²) in [4.78, 5) is 0. The van der Waals surface area contributed by atoms with E-state index < -0.39 is 6.10 Å². The van der Waals surface area contributed by atoms with E-state index in [2.05, 4.69) is 28.9 Å². The average Bonchev–Trinajstić information content (AvgIpc) is 2.44. The molecule has 0 amide bonds. The minimum absolute atomic E-state index is 0.0918. The highest BCUT2D eigenvalue weighted by atomic mass is 79.9. The van der Waals surface area contributed by atoms with E-state index in [1.54, 1.807) is 0 Å². The molecule has 20 heavy (non-hydrogen) atoms. The second-order valence-electron chi connectivity index (χ2n) is 5.15. The van der Waals surface area contributed by atoms with Crippen LogP contribution in [0.2, 0.25) is 0 Å². The molecule has 0 heterocycles. The van der Waals surface area contributed by atoms with Gasteiger partial charge in [-0.3, -0.25) is 0 Å². The van der Waals surface area contributed by atoms with Crippen molar-refractivity contribution in [3.63, 3.8) is 0 Å². The van der Waals surface area contributed by atoms with Gasteiger partial charge in [0, 0.05) is 16.9 Å². The zero-order valence-electron chi connectivity index (χ0n) is 11.8. The van der Waals surface area contributed by atoms with Crippen LogP contribution in [0.15, 0.2) is 46.9 Å². The van der Waals surface area contributed by atoms with Gasteiger partial charge in [0.2, 0.25) is 0 Å². The van der Waals surface area contributed by atoms with Gasteiger partial charge in [-0.1, -0.05) is 52.3 Å². The van der Waals surface area contributed by atoms with E-state index in [0.717, 1.165) is 26.7 Å². The van der Waals surface area contributed by atoms with Crippen molar-refractivity contribution in [1.82, 2.24) is 0 Å². The van der Waals surface area contributed by atoms with Crippen LogP contribution >= 0.6 is 15.9 Å². The van der Waals surface area contributed by atoms with Gasteiger partial charge in [-0.2, -0.15) is 0 Å². The van der Waals surface area contributed by atoms with E-state index in [4.69, 9.17) is 5.73 Å². The molecule has 2 nitrogen and oxygen atoms in total. The van der Waals surface area contributed by atoms with Crippen LogP contribution in [0.1, 0.15) is 34.3 Å². The Labute approximate surface area is 128 Å². The summed E-state index contributed by atoms with van der Waals surface area (Å²) >= 11 is 3.51. The summed E-state index contributed by atoms with van der Waals surface area (Å²) in [6, 6.07) is 14.0. The Morgan fingerprint density at radius 2 is 1.80 bits per heavy atom. The minimum Gasteiger partial charge on any atom is -0.388 e. The second-order valence-corrected chi connectivity index (χ2v) is 6.01. The first-order valence-electron chi connectivity index (χ1n) is 6.74. The number of aliphatic hydroxyl groups excluding tert-OH is 1. The smallest absolute Gasteiger partial charge is 0.0871 e. The fraction of sp³-hybridized carbons (Fsp3) is 0.294. The summed E-state index contributed by atoms with van der Waals surface area (Å²) in [7, 11) is 0. The van der Waals surface area contributed by atoms with Gasteiger partial charge in [-0.05, 0) is 42.2 Å². The van der Waals surface area contributed by atoms with Crippen LogP contribution in [0.4, 0.5) is 0 Å². The lowest BCUT2D eigenvalue weighted by Gasteiger charge is -2.24. The Kier molecular flexibility index (Phi) is 4.97. The molecule has 0 spiro atoms. The lowest BCUT2D eigenvalue weighted by atomic mass is 9.86. The molecule has 0 aromatic heterocycles. The molecule has 0 radical (unpaired) electrons. The van der Waals surface area contributed by atoms with E-state index in [-0.39, 0.29) is 5.92 Å². The Morgan fingerprint density at radius 3 is 2.40 bits per heavy atom. The van der Waals surface area contributed by atoms with Crippen LogP contribution in [-0.2, 0) is 0 Å². The monoisotopic (exact) mass is 333 g/mol. The molecule has 3 heteroatoms. The molecule has 0 aliphatic heterocycles. The molecular weight excluding hydrogens is 314 g/mol. The van der Waals surface area contributed by atoms with Gasteiger partial charge in [-0.15, -0.1) is 0 Å². The number of aryl methyl sites for hydroxylation is 2. The van der Waals surface area contributed by atoms with E-state index in [9.17, 15) is 5.11 Å². The lowest BCUT2D eigenvalue weighted by Crippen LogP contribution is -2.21. The normalized spacial score (nSPS) is 14.1. The molecule has 0 saturated carbocycles. The maximum absolute atomic E-state index is 10.7. The van der Waals surface area contributed by atoms with E-state index >= 15 is 0 Å². The highest BCUT2D eigenvalue weighted by Crippen LogP contribution is 2.33. The van der Waals surface area contributed by atoms with Crippen LogP contribution < -0.4 is 5.73 Å². The summed E-state index contributed by atoms with van der Waals surface area (Å²) < 4.78 is 1.01. The molecule has 2 atom stereocenters. The van der Waals surface area contributed by atoms with Crippen molar-refractivity contribution in [2.24, 2.45) is 5.73 Å². The zero-order chi connectivity index (χ0) is 14.7. The van der Waals surface area contributed by atoms with Crippen LogP contribution in [-0.4, -0.2) is 11.7 Å². The quantitative estimate of drug-likeness (QED) is 0.892. The summed E-state index contributed by atoms with van der Waals surface area (Å²) in [5.41, 5.74) is 10.2. The highest BCUT2D eigenvalue weighted by molar-refractivity contribution is 9.10. The van der Waals surface area contributed by atoms with Crippen molar-refractivity contribution >= 4 is 15.9 Å². The number of hydrogen-bond acceptors (Lipinski definition) is 2. The second kappa shape index (κ2) is 6.53. The SMILES string of the molecule is Cc1ccc(C(O)C(CN)c2ccccc2C)cc1Br. The summed E-state index contributed by atoms with van der Waals surface area (Å²) in [5.74, 6) is -0.0918. The fourth-order valence-electron chi connectivity index (χ4n) is 2.45. The number of rotatable bonds is 4. The predicted molar refractivity (Wildman–Crippen MR) is 86.8 cm³/mol. The number of halogens is 1. The van der Waals surface area contributed by atoms with E-state index in [1.807, 2.05) is 43.3 Å². The minimum atomic E-state index is -0.599. The van der Waals surface area contributed by atoms with Crippen molar-refractivity contribution < 1.29 is 5.11 Å². The van der Waals surface area contributed by atoms with Gasteiger partial charge in [0.25, 0.3) is 0 Å². The molecule has 0 aliphatic rings. The molecule has 2 aromatic rings. The van der Waals surface area contributed by atoms with Gasteiger partial charge < -0.3 is 10.8 Å².